The Hall–Kier alpha value is -1.94. The largest absolute Gasteiger partial charge is 0.383 e. The van der Waals surface area contributed by atoms with Crippen LogP contribution in [0.4, 0.5) is 5.82 Å². The number of nitrogens with two attached hydrogens (primary N) is 1. The van der Waals surface area contributed by atoms with Crippen LogP contribution in [0.1, 0.15) is 32.3 Å². The molecule has 0 fully saturated rings. The number of hydrogen-bond donors (Lipinski definition) is 1. The molecule has 0 atom stereocenters. The molecule has 1 aromatic carbocycles. The van der Waals surface area contributed by atoms with E-state index in [9.17, 15) is 4.79 Å². The summed E-state index contributed by atoms with van der Waals surface area (Å²) < 4.78 is 7.70. The molecule has 0 radical (unpaired) electrons. The Balaban J connectivity index is 1.46. The van der Waals surface area contributed by atoms with Gasteiger partial charge in [-0.1, -0.05) is 41.7 Å². The van der Waals surface area contributed by atoms with Gasteiger partial charge in [-0.15, -0.1) is 0 Å². The van der Waals surface area contributed by atoms with E-state index in [1.165, 1.54) is 10.6 Å². The fourth-order valence-corrected chi connectivity index (χ4v) is 4.80. The minimum absolute atomic E-state index is 0.00588. The summed E-state index contributed by atoms with van der Waals surface area (Å²) in [6.45, 7) is 5.09. The highest BCUT2D eigenvalue weighted by Gasteiger charge is 2.17. The summed E-state index contributed by atoms with van der Waals surface area (Å²) in [6, 6.07) is 9.20. The number of benzene rings is 1. The van der Waals surface area contributed by atoms with Gasteiger partial charge in [0.05, 0.1) is 28.1 Å². The lowest BCUT2D eigenvalue weighted by atomic mass is 10.2. The van der Waals surface area contributed by atoms with Crippen LogP contribution in [-0.4, -0.2) is 21.7 Å². The van der Waals surface area contributed by atoms with Crippen molar-refractivity contribution in [3.05, 3.63) is 69.6 Å². The zero-order valence-electron chi connectivity index (χ0n) is 15.6. The molecule has 146 valence electrons. The summed E-state index contributed by atoms with van der Waals surface area (Å²) in [5.41, 5.74) is 10.8. The molecule has 2 heterocycles. The van der Waals surface area contributed by atoms with Crippen LogP contribution in [0.25, 0.3) is 0 Å². The highest BCUT2D eigenvalue weighted by molar-refractivity contribution is 8.80. The van der Waals surface area contributed by atoms with Gasteiger partial charge in [-0.3, -0.25) is 4.79 Å². The Labute approximate surface area is 176 Å². The second-order valence-corrected chi connectivity index (χ2v) is 8.82. The van der Waals surface area contributed by atoms with Gasteiger partial charge in [0, 0.05) is 35.9 Å². The van der Waals surface area contributed by atoms with Crippen molar-refractivity contribution >= 4 is 44.1 Å². The first-order valence-electron chi connectivity index (χ1n) is 8.64. The molecule has 0 saturated carbocycles. The van der Waals surface area contributed by atoms with Crippen molar-refractivity contribution in [2.75, 3.05) is 12.3 Å². The van der Waals surface area contributed by atoms with Gasteiger partial charge in [0.1, 0.15) is 11.6 Å². The summed E-state index contributed by atoms with van der Waals surface area (Å²) in [7, 11) is 1.10. The van der Waals surface area contributed by atoms with Crippen LogP contribution < -0.4 is 10.3 Å². The molecule has 0 bridgehead atoms. The van der Waals surface area contributed by atoms with Gasteiger partial charge in [-0.25, -0.2) is 9.97 Å². The lowest BCUT2D eigenvalue weighted by molar-refractivity contribution is -0.689. The third kappa shape index (κ3) is 5.54. The smallest absolute Gasteiger partial charge is 0.231 e. The topological polar surface area (TPSA) is 82.0 Å². The molecule has 0 spiro atoms. The van der Waals surface area contributed by atoms with E-state index in [2.05, 4.69) is 27.0 Å². The lowest BCUT2D eigenvalue weighted by Gasteiger charge is -2.02. The molecule has 2 aromatic heterocycles. The van der Waals surface area contributed by atoms with Gasteiger partial charge >= 0.3 is 0 Å². The number of carbonyl (C=O) groups excluding carboxylic acids is 1. The molecule has 0 unspecified atom stereocenters. The quantitative estimate of drug-likeness (QED) is 0.251. The van der Waals surface area contributed by atoms with E-state index in [-0.39, 0.29) is 5.12 Å². The molecular weight excluding hydrogens is 412 g/mol. The maximum Gasteiger partial charge on any atom is 0.231 e. The minimum Gasteiger partial charge on any atom is -0.383 e. The monoisotopic (exact) mass is 433 g/mol. The molecule has 0 saturated heterocycles. The molecule has 0 aliphatic rings. The average Bonchev–Trinajstić information content (AvgIpc) is 3.04. The molecule has 0 aliphatic carbocycles. The van der Waals surface area contributed by atoms with Crippen LogP contribution in [0.2, 0.25) is 0 Å². The van der Waals surface area contributed by atoms with Crippen molar-refractivity contribution in [3.63, 3.8) is 0 Å². The molecule has 6 nitrogen and oxygen atoms in total. The first-order valence-corrected chi connectivity index (χ1v) is 11.6. The van der Waals surface area contributed by atoms with E-state index < -0.39 is 0 Å². The highest BCUT2D eigenvalue weighted by Crippen LogP contribution is 2.27. The van der Waals surface area contributed by atoms with Gasteiger partial charge in [0.25, 0.3) is 0 Å². The number of aryl methyl sites for hydroxylation is 1. The van der Waals surface area contributed by atoms with Crippen molar-refractivity contribution in [1.29, 1.82) is 0 Å². The summed E-state index contributed by atoms with van der Waals surface area (Å²) in [5, 5.41) is -0.00588. The van der Waals surface area contributed by atoms with Crippen LogP contribution in [0, 0.1) is 13.8 Å². The zero-order valence-corrected chi connectivity index (χ0v) is 18.1. The fourth-order valence-electron chi connectivity index (χ4n) is 2.51. The Morgan fingerprint density at radius 2 is 2.07 bits per heavy atom. The summed E-state index contributed by atoms with van der Waals surface area (Å²) in [5.74, 6) is 1.19. The maximum atomic E-state index is 12.0. The Morgan fingerprint density at radius 3 is 2.82 bits per heavy atom. The minimum atomic E-state index is -0.00588. The Bertz CT molecular complexity index is 948. The van der Waals surface area contributed by atoms with Crippen molar-refractivity contribution in [2.24, 2.45) is 0 Å². The van der Waals surface area contributed by atoms with E-state index in [0.717, 1.165) is 33.9 Å². The summed E-state index contributed by atoms with van der Waals surface area (Å²) >= 11 is 2.81. The van der Waals surface area contributed by atoms with E-state index >= 15 is 0 Å². The van der Waals surface area contributed by atoms with Crippen molar-refractivity contribution in [3.8, 4) is 0 Å². The standard InChI is InChI=1S/C19H21N4O2S3/c1-13-17(8-9-25-28-27-19(24)15-6-4-3-5-7-15)26-12-23(13)11-16-10-21-14(2)22-18(16)20/h3-7,10,12H,8-9,11H2,1-2H3,(H2,20,21,22)/q+1. The SMILES string of the molecule is Cc1ncc(C[n+]2csc(CCOSSC(=O)c3ccccc3)c2C)c(N)n1. The van der Waals surface area contributed by atoms with Gasteiger partial charge in [0.15, 0.2) is 12.2 Å². The molecule has 3 aromatic rings. The molecule has 2 N–H and O–H groups in total. The molecule has 0 amide bonds. The van der Waals surface area contributed by atoms with Gasteiger partial charge in [-0.05, 0) is 6.92 Å². The van der Waals surface area contributed by atoms with Gasteiger partial charge < -0.3 is 9.92 Å². The van der Waals surface area contributed by atoms with Crippen LogP contribution in [-0.2, 0) is 17.1 Å². The predicted molar refractivity (Wildman–Crippen MR) is 115 cm³/mol. The van der Waals surface area contributed by atoms with Crippen LogP contribution in [0.3, 0.4) is 0 Å². The maximum absolute atomic E-state index is 12.0. The fraction of sp³-hybridized carbons (Fsp3) is 0.263. The van der Waals surface area contributed by atoms with Gasteiger partial charge in [0.2, 0.25) is 10.6 Å². The van der Waals surface area contributed by atoms with E-state index in [1.807, 2.05) is 25.1 Å². The number of nitrogen functional groups attached to an aromatic ring is 1. The first-order chi connectivity index (χ1) is 13.5. The van der Waals surface area contributed by atoms with E-state index in [1.54, 1.807) is 29.7 Å². The second-order valence-electron chi connectivity index (χ2n) is 6.06. The summed E-state index contributed by atoms with van der Waals surface area (Å²) in [4.78, 5) is 21.7. The van der Waals surface area contributed by atoms with Crippen LogP contribution in [0.15, 0.2) is 42.0 Å². The average molecular weight is 434 g/mol. The summed E-state index contributed by atoms with van der Waals surface area (Å²) in [6.07, 6.45) is 2.57. The Kier molecular flexibility index (Phi) is 7.43. The third-order valence-electron chi connectivity index (χ3n) is 4.10. The molecular formula is C19H21N4O2S3+. The number of aromatic nitrogens is 3. The number of nitrogens with zero attached hydrogens (tertiary/aromatic N) is 3. The highest BCUT2D eigenvalue weighted by atomic mass is 33.1. The first kappa shape index (κ1) is 20.8. The van der Waals surface area contributed by atoms with E-state index in [4.69, 9.17) is 9.92 Å². The van der Waals surface area contributed by atoms with Crippen LogP contribution in [0.5, 0.6) is 0 Å². The predicted octanol–water partition coefficient (Wildman–Crippen LogP) is 3.77. The van der Waals surface area contributed by atoms with Gasteiger partial charge in [-0.2, -0.15) is 4.57 Å². The molecule has 3 rings (SSSR count). The normalized spacial score (nSPS) is 10.9. The zero-order chi connectivity index (χ0) is 19.9. The molecule has 9 heteroatoms. The Morgan fingerprint density at radius 1 is 1.29 bits per heavy atom. The molecule has 28 heavy (non-hydrogen) atoms. The number of hydrogen-bond acceptors (Lipinski definition) is 8. The number of anilines is 1. The van der Waals surface area contributed by atoms with Crippen molar-refractivity contribution < 1.29 is 13.5 Å². The number of rotatable bonds is 8. The van der Waals surface area contributed by atoms with Crippen LogP contribution >= 0.6 is 33.2 Å². The van der Waals surface area contributed by atoms with Crippen molar-refractivity contribution in [1.82, 2.24) is 9.97 Å². The van der Waals surface area contributed by atoms with E-state index in [0.29, 0.717) is 30.4 Å². The number of thiazole rings is 1. The third-order valence-corrected chi connectivity index (χ3v) is 6.90. The number of carbonyl (C=O) groups is 1. The molecule has 0 aliphatic heterocycles. The second kappa shape index (κ2) is 10.0. The lowest BCUT2D eigenvalue weighted by Crippen LogP contribution is -2.35. The van der Waals surface area contributed by atoms with Crippen molar-refractivity contribution in [2.45, 2.75) is 26.8 Å².